The molecule has 2 aromatic heterocycles. The highest BCUT2D eigenvalue weighted by molar-refractivity contribution is 6.29. The van der Waals surface area contributed by atoms with Gasteiger partial charge in [0, 0.05) is 23.9 Å². The molecule has 0 bridgehead atoms. The molecule has 152 valence electrons. The third-order valence-electron chi connectivity index (χ3n) is 4.64. The van der Waals surface area contributed by atoms with Crippen LogP contribution in [0.5, 0.6) is 0 Å². The lowest BCUT2D eigenvalue weighted by Crippen LogP contribution is -2.64. The summed E-state index contributed by atoms with van der Waals surface area (Å²) in [5, 5.41) is 12.4. The number of nitrogens with zero attached hydrogens (tertiary/aromatic N) is 5. The Morgan fingerprint density at radius 3 is 2.54 bits per heavy atom. The number of amides is 1. The summed E-state index contributed by atoms with van der Waals surface area (Å²) in [6, 6.07) is 1.65. The summed E-state index contributed by atoms with van der Waals surface area (Å²) in [7, 11) is 0. The van der Waals surface area contributed by atoms with E-state index in [4.69, 9.17) is 22.1 Å². The van der Waals surface area contributed by atoms with Gasteiger partial charge in [0.15, 0.2) is 11.0 Å². The van der Waals surface area contributed by atoms with E-state index in [1.807, 2.05) is 31.6 Å². The number of carbonyl (C=O) groups is 1. The van der Waals surface area contributed by atoms with Crippen molar-refractivity contribution in [3.63, 3.8) is 0 Å². The fourth-order valence-electron chi connectivity index (χ4n) is 3.53. The number of carbonyl (C=O) groups excluding carboxylic acids is 1. The zero-order chi connectivity index (χ0) is 20.9. The molecule has 0 saturated carbocycles. The normalized spacial score (nSPS) is 20.0. The van der Waals surface area contributed by atoms with E-state index in [0.29, 0.717) is 17.9 Å². The number of halogens is 1. The minimum absolute atomic E-state index is 0.0350. The van der Waals surface area contributed by atoms with Gasteiger partial charge in [-0.3, -0.25) is 4.68 Å². The van der Waals surface area contributed by atoms with Crippen LogP contribution in [0.25, 0.3) is 11.1 Å². The molecule has 2 aromatic rings. The number of rotatable bonds is 2. The third kappa shape index (κ3) is 4.06. The van der Waals surface area contributed by atoms with Crippen LogP contribution in [-0.2, 0) is 4.74 Å². The van der Waals surface area contributed by atoms with Crippen molar-refractivity contribution in [2.24, 2.45) is 5.41 Å². The van der Waals surface area contributed by atoms with Gasteiger partial charge < -0.3 is 15.4 Å². The summed E-state index contributed by atoms with van der Waals surface area (Å²) in [6.45, 7) is 12.5. The van der Waals surface area contributed by atoms with E-state index in [1.54, 1.807) is 17.2 Å². The van der Waals surface area contributed by atoms with Crippen molar-refractivity contribution in [2.75, 3.05) is 12.3 Å². The number of likely N-dealkylation sites (tertiary alicyclic amines) is 1. The lowest BCUT2D eigenvalue weighted by atomic mass is 9.76. The SMILES string of the molecule is CC(C)(C)OC(=O)N1CC(n2cc(-c3cc(Cl)nnc3N)cn2)C1C(C)(C)C. The Bertz CT molecular complexity index is 883. The largest absolute Gasteiger partial charge is 0.444 e. The average molecular weight is 407 g/mol. The molecule has 0 spiro atoms. The predicted octanol–water partition coefficient (Wildman–Crippen LogP) is 3.78. The molecule has 8 nitrogen and oxygen atoms in total. The van der Waals surface area contributed by atoms with Crippen molar-refractivity contribution < 1.29 is 9.53 Å². The van der Waals surface area contributed by atoms with Crippen molar-refractivity contribution in [3.8, 4) is 11.1 Å². The van der Waals surface area contributed by atoms with Crippen LogP contribution >= 0.6 is 11.6 Å². The first-order chi connectivity index (χ1) is 12.9. The lowest BCUT2D eigenvalue weighted by Gasteiger charge is -2.53. The van der Waals surface area contributed by atoms with E-state index in [9.17, 15) is 4.79 Å². The first-order valence-corrected chi connectivity index (χ1v) is 9.57. The second-order valence-electron chi connectivity index (χ2n) is 9.19. The van der Waals surface area contributed by atoms with Crippen LogP contribution in [-0.4, -0.2) is 49.2 Å². The van der Waals surface area contributed by atoms with Gasteiger partial charge in [-0.05, 0) is 32.3 Å². The molecule has 2 atom stereocenters. The third-order valence-corrected chi connectivity index (χ3v) is 4.83. The van der Waals surface area contributed by atoms with Crippen molar-refractivity contribution in [2.45, 2.75) is 59.2 Å². The summed E-state index contributed by atoms with van der Waals surface area (Å²) in [4.78, 5) is 14.4. The lowest BCUT2D eigenvalue weighted by molar-refractivity contribution is -0.0625. The van der Waals surface area contributed by atoms with E-state index in [-0.39, 0.29) is 28.7 Å². The Labute approximate surface area is 170 Å². The van der Waals surface area contributed by atoms with E-state index < -0.39 is 5.60 Å². The van der Waals surface area contributed by atoms with E-state index >= 15 is 0 Å². The zero-order valence-corrected chi connectivity index (χ0v) is 17.9. The van der Waals surface area contributed by atoms with Gasteiger partial charge in [-0.25, -0.2) is 4.79 Å². The molecule has 1 fully saturated rings. The maximum Gasteiger partial charge on any atom is 0.410 e. The standard InChI is InChI=1S/C19H27ClN6O2/c1-18(2,3)15-13(10-25(15)17(27)28-19(4,5)6)26-9-11(8-22-26)12-7-14(20)23-24-16(12)21/h7-9,13,15H,10H2,1-6H3,(H2,21,24). The van der Waals surface area contributed by atoms with Crippen LogP contribution < -0.4 is 5.73 Å². The van der Waals surface area contributed by atoms with Crippen molar-refractivity contribution in [3.05, 3.63) is 23.6 Å². The van der Waals surface area contributed by atoms with Gasteiger partial charge >= 0.3 is 6.09 Å². The van der Waals surface area contributed by atoms with Crippen molar-refractivity contribution in [1.29, 1.82) is 0 Å². The second-order valence-corrected chi connectivity index (χ2v) is 9.57. The van der Waals surface area contributed by atoms with E-state index in [0.717, 1.165) is 5.56 Å². The van der Waals surface area contributed by atoms with Crippen molar-refractivity contribution >= 4 is 23.5 Å². The smallest absolute Gasteiger partial charge is 0.410 e. The van der Waals surface area contributed by atoms with Gasteiger partial charge in [0.25, 0.3) is 0 Å². The number of nitrogen functional groups attached to an aromatic ring is 1. The van der Waals surface area contributed by atoms with Crippen LogP contribution in [0.15, 0.2) is 18.5 Å². The number of nitrogens with two attached hydrogens (primary N) is 1. The van der Waals surface area contributed by atoms with E-state index in [1.165, 1.54) is 0 Å². The topological polar surface area (TPSA) is 99.2 Å². The predicted molar refractivity (Wildman–Crippen MR) is 108 cm³/mol. The molecule has 2 unspecified atom stereocenters. The van der Waals surface area contributed by atoms with Crippen LogP contribution in [0.2, 0.25) is 5.15 Å². The number of hydrogen-bond donors (Lipinski definition) is 1. The van der Waals surface area contributed by atoms with Crippen LogP contribution in [0.4, 0.5) is 10.6 Å². The average Bonchev–Trinajstić information content (AvgIpc) is 2.94. The molecule has 1 aliphatic heterocycles. The zero-order valence-electron chi connectivity index (χ0n) is 17.1. The number of ether oxygens (including phenoxy) is 1. The highest BCUT2D eigenvalue weighted by Crippen LogP contribution is 2.42. The molecule has 9 heteroatoms. The molecule has 1 amide bonds. The highest BCUT2D eigenvalue weighted by atomic mass is 35.5. The van der Waals surface area contributed by atoms with Gasteiger partial charge in [0.1, 0.15) is 5.60 Å². The molecule has 0 aromatic carbocycles. The fraction of sp³-hybridized carbons (Fsp3) is 0.579. The molecular weight excluding hydrogens is 380 g/mol. The Morgan fingerprint density at radius 1 is 1.25 bits per heavy atom. The van der Waals surface area contributed by atoms with Crippen LogP contribution in [0.1, 0.15) is 47.6 Å². The number of aromatic nitrogens is 4. The molecule has 1 aliphatic rings. The second kappa shape index (κ2) is 6.92. The van der Waals surface area contributed by atoms with Crippen molar-refractivity contribution in [1.82, 2.24) is 24.9 Å². The Morgan fingerprint density at radius 2 is 1.93 bits per heavy atom. The van der Waals surface area contributed by atoms with Gasteiger partial charge in [-0.15, -0.1) is 10.2 Å². The van der Waals surface area contributed by atoms with E-state index in [2.05, 4.69) is 36.1 Å². The monoisotopic (exact) mass is 406 g/mol. The molecule has 28 heavy (non-hydrogen) atoms. The summed E-state index contributed by atoms with van der Waals surface area (Å²) >= 11 is 5.95. The molecule has 0 radical (unpaired) electrons. The first kappa shape index (κ1) is 20.4. The highest BCUT2D eigenvalue weighted by Gasteiger charge is 2.50. The molecular formula is C19H27ClN6O2. The maximum absolute atomic E-state index is 12.6. The molecule has 2 N–H and O–H groups in total. The number of anilines is 1. The summed E-state index contributed by atoms with van der Waals surface area (Å²) in [5.74, 6) is 0.292. The Hall–Kier alpha value is -2.35. The van der Waals surface area contributed by atoms with Gasteiger partial charge in [-0.2, -0.15) is 5.10 Å². The summed E-state index contributed by atoms with van der Waals surface area (Å²) in [6.07, 6.45) is 3.32. The minimum atomic E-state index is -0.533. The molecule has 3 rings (SSSR count). The van der Waals surface area contributed by atoms with Crippen LogP contribution in [0.3, 0.4) is 0 Å². The number of hydrogen-bond acceptors (Lipinski definition) is 6. The Balaban J connectivity index is 1.85. The van der Waals surface area contributed by atoms with Gasteiger partial charge in [0.2, 0.25) is 0 Å². The molecule has 1 saturated heterocycles. The Kier molecular flexibility index (Phi) is 5.04. The summed E-state index contributed by atoms with van der Waals surface area (Å²) < 4.78 is 7.44. The molecule has 3 heterocycles. The fourth-order valence-corrected chi connectivity index (χ4v) is 3.68. The van der Waals surface area contributed by atoms with Crippen LogP contribution in [0, 0.1) is 5.41 Å². The van der Waals surface area contributed by atoms with Gasteiger partial charge in [-0.1, -0.05) is 32.4 Å². The van der Waals surface area contributed by atoms with Gasteiger partial charge in [0.05, 0.1) is 18.3 Å². The minimum Gasteiger partial charge on any atom is -0.444 e. The quantitative estimate of drug-likeness (QED) is 0.814. The molecule has 0 aliphatic carbocycles. The first-order valence-electron chi connectivity index (χ1n) is 9.19. The summed E-state index contributed by atoms with van der Waals surface area (Å²) in [5.41, 5.74) is 6.74. The maximum atomic E-state index is 12.6.